The molecule has 0 aliphatic heterocycles. The van der Waals surface area contributed by atoms with Crippen molar-refractivity contribution in [2.45, 2.75) is 26.8 Å². The standard InChI is InChI=1S/C20H24N2O4/c1-13-7-6-8-14(2)19(13)26-12-15(3)22-20(25)16-9-4-5-10-17(16)21-11-18(23)24/h4-10,15,21H,11-12H2,1-3H3,(H,22,25)(H,23,24)/t15-/m1/s1. The van der Waals surface area contributed by atoms with Crippen molar-refractivity contribution in [3.8, 4) is 5.75 Å². The van der Waals surface area contributed by atoms with Gasteiger partial charge in [-0.2, -0.15) is 0 Å². The van der Waals surface area contributed by atoms with Crippen LogP contribution in [-0.4, -0.2) is 36.2 Å². The van der Waals surface area contributed by atoms with Crippen LogP contribution < -0.4 is 15.4 Å². The lowest BCUT2D eigenvalue weighted by Crippen LogP contribution is -2.37. The third-order valence-corrected chi connectivity index (χ3v) is 3.87. The minimum atomic E-state index is -0.990. The highest BCUT2D eigenvalue weighted by Gasteiger charge is 2.15. The van der Waals surface area contributed by atoms with Crippen LogP contribution in [0.4, 0.5) is 5.69 Å². The second-order valence-electron chi connectivity index (χ2n) is 6.20. The second-order valence-corrected chi connectivity index (χ2v) is 6.20. The predicted molar refractivity (Wildman–Crippen MR) is 101 cm³/mol. The number of nitrogens with one attached hydrogen (secondary N) is 2. The summed E-state index contributed by atoms with van der Waals surface area (Å²) in [5.74, 6) is -0.441. The lowest BCUT2D eigenvalue weighted by molar-refractivity contribution is -0.134. The lowest BCUT2D eigenvalue weighted by atomic mass is 10.1. The van der Waals surface area contributed by atoms with Crippen molar-refractivity contribution in [3.63, 3.8) is 0 Å². The first kappa shape index (κ1) is 19.3. The minimum Gasteiger partial charge on any atom is -0.491 e. The smallest absolute Gasteiger partial charge is 0.322 e. The van der Waals surface area contributed by atoms with E-state index in [0.29, 0.717) is 17.9 Å². The zero-order valence-electron chi connectivity index (χ0n) is 15.2. The normalized spacial score (nSPS) is 11.5. The number of aryl methyl sites for hydroxylation is 2. The Balaban J connectivity index is 1.98. The van der Waals surface area contributed by atoms with Gasteiger partial charge in [-0.25, -0.2) is 0 Å². The summed E-state index contributed by atoms with van der Waals surface area (Å²) in [5, 5.41) is 14.4. The van der Waals surface area contributed by atoms with Crippen molar-refractivity contribution in [1.29, 1.82) is 0 Å². The molecule has 3 N–H and O–H groups in total. The maximum atomic E-state index is 12.5. The van der Waals surface area contributed by atoms with Gasteiger partial charge in [-0.1, -0.05) is 30.3 Å². The largest absolute Gasteiger partial charge is 0.491 e. The molecule has 0 aromatic heterocycles. The fourth-order valence-electron chi connectivity index (χ4n) is 2.58. The van der Waals surface area contributed by atoms with Crippen LogP contribution in [0.25, 0.3) is 0 Å². The molecule has 2 rings (SSSR count). The monoisotopic (exact) mass is 356 g/mol. The fourth-order valence-corrected chi connectivity index (χ4v) is 2.58. The predicted octanol–water partition coefficient (Wildman–Crippen LogP) is 3.00. The van der Waals surface area contributed by atoms with E-state index >= 15 is 0 Å². The van der Waals surface area contributed by atoms with Crippen LogP contribution in [0.5, 0.6) is 5.75 Å². The van der Waals surface area contributed by atoms with E-state index in [1.165, 1.54) is 0 Å². The van der Waals surface area contributed by atoms with E-state index in [-0.39, 0.29) is 18.5 Å². The van der Waals surface area contributed by atoms with E-state index in [1.54, 1.807) is 24.3 Å². The quantitative estimate of drug-likeness (QED) is 0.677. The van der Waals surface area contributed by atoms with Crippen LogP contribution in [0.15, 0.2) is 42.5 Å². The first-order valence-electron chi connectivity index (χ1n) is 8.43. The molecule has 0 aliphatic rings. The molecular formula is C20H24N2O4. The van der Waals surface area contributed by atoms with Crippen molar-refractivity contribution < 1.29 is 19.4 Å². The molecule has 0 saturated heterocycles. The molecule has 0 spiro atoms. The summed E-state index contributed by atoms with van der Waals surface area (Å²) in [6, 6.07) is 12.5. The molecule has 0 fully saturated rings. The van der Waals surface area contributed by atoms with Gasteiger partial charge in [-0.3, -0.25) is 9.59 Å². The Morgan fingerprint density at radius 1 is 1.08 bits per heavy atom. The number of hydrogen-bond acceptors (Lipinski definition) is 4. The van der Waals surface area contributed by atoms with Crippen molar-refractivity contribution in [2.75, 3.05) is 18.5 Å². The molecule has 138 valence electrons. The van der Waals surface area contributed by atoms with E-state index < -0.39 is 5.97 Å². The van der Waals surface area contributed by atoms with Gasteiger partial charge in [0.05, 0.1) is 11.6 Å². The van der Waals surface area contributed by atoms with Crippen molar-refractivity contribution in [3.05, 3.63) is 59.2 Å². The van der Waals surface area contributed by atoms with E-state index in [9.17, 15) is 9.59 Å². The second kappa shape index (κ2) is 8.89. The Bertz CT molecular complexity index is 769. The van der Waals surface area contributed by atoms with Crippen molar-refractivity contribution >= 4 is 17.6 Å². The average molecular weight is 356 g/mol. The number of carboxylic acid groups (broad SMARTS) is 1. The topological polar surface area (TPSA) is 87.7 Å². The molecule has 0 heterocycles. The Kier molecular flexibility index (Phi) is 6.60. The van der Waals surface area contributed by atoms with Crippen LogP contribution in [0.1, 0.15) is 28.4 Å². The van der Waals surface area contributed by atoms with Crippen molar-refractivity contribution in [2.24, 2.45) is 0 Å². The third kappa shape index (κ3) is 5.24. The van der Waals surface area contributed by atoms with Gasteiger partial charge in [-0.15, -0.1) is 0 Å². The van der Waals surface area contributed by atoms with E-state index in [2.05, 4.69) is 10.6 Å². The summed E-state index contributed by atoms with van der Waals surface area (Å²) >= 11 is 0. The number of rotatable bonds is 8. The number of carbonyl (C=O) groups is 2. The van der Waals surface area contributed by atoms with E-state index in [1.807, 2.05) is 39.0 Å². The molecule has 6 nitrogen and oxygen atoms in total. The minimum absolute atomic E-state index is 0.214. The number of amides is 1. The van der Waals surface area contributed by atoms with Gasteiger partial charge in [0.25, 0.3) is 5.91 Å². The molecule has 2 aromatic rings. The summed E-state index contributed by atoms with van der Waals surface area (Å²) < 4.78 is 5.87. The zero-order valence-corrected chi connectivity index (χ0v) is 15.2. The van der Waals surface area contributed by atoms with Crippen molar-refractivity contribution in [1.82, 2.24) is 5.32 Å². The Morgan fingerprint density at radius 2 is 1.73 bits per heavy atom. The van der Waals surface area contributed by atoms with Gasteiger partial charge in [0, 0.05) is 5.69 Å². The van der Waals surface area contributed by atoms with Gasteiger partial charge >= 0.3 is 5.97 Å². The highest BCUT2D eigenvalue weighted by Crippen LogP contribution is 2.22. The summed E-state index contributed by atoms with van der Waals surface area (Å²) in [7, 11) is 0. The van der Waals surface area contributed by atoms with Crippen LogP contribution >= 0.6 is 0 Å². The first-order valence-corrected chi connectivity index (χ1v) is 8.43. The summed E-state index contributed by atoms with van der Waals surface area (Å²) in [5.41, 5.74) is 2.97. The lowest BCUT2D eigenvalue weighted by Gasteiger charge is -2.18. The number of carboxylic acids is 1. The van der Waals surface area contributed by atoms with Gasteiger partial charge in [0.2, 0.25) is 0 Å². The van der Waals surface area contributed by atoms with Crippen LogP contribution in [0.3, 0.4) is 0 Å². The highest BCUT2D eigenvalue weighted by atomic mass is 16.5. The number of aliphatic carboxylic acids is 1. The maximum absolute atomic E-state index is 12.5. The Morgan fingerprint density at radius 3 is 2.38 bits per heavy atom. The number of ether oxygens (including phenoxy) is 1. The molecule has 0 unspecified atom stereocenters. The van der Waals surface area contributed by atoms with Gasteiger partial charge in [0.1, 0.15) is 18.9 Å². The third-order valence-electron chi connectivity index (χ3n) is 3.87. The fraction of sp³-hybridized carbons (Fsp3) is 0.300. The molecule has 1 amide bonds. The van der Waals surface area contributed by atoms with Gasteiger partial charge in [-0.05, 0) is 44.0 Å². The van der Waals surface area contributed by atoms with Gasteiger partial charge < -0.3 is 20.5 Å². The van der Waals surface area contributed by atoms with E-state index in [4.69, 9.17) is 9.84 Å². The number of benzene rings is 2. The molecule has 0 radical (unpaired) electrons. The molecular weight excluding hydrogens is 332 g/mol. The highest BCUT2D eigenvalue weighted by molar-refractivity contribution is 6.00. The Labute approximate surface area is 153 Å². The van der Waals surface area contributed by atoms with Crippen LogP contribution in [0, 0.1) is 13.8 Å². The summed E-state index contributed by atoms with van der Waals surface area (Å²) in [6.07, 6.45) is 0. The molecule has 1 atom stereocenters. The maximum Gasteiger partial charge on any atom is 0.322 e. The zero-order chi connectivity index (χ0) is 19.1. The number of para-hydroxylation sites is 2. The Hall–Kier alpha value is -3.02. The molecule has 0 aliphatic carbocycles. The number of anilines is 1. The first-order chi connectivity index (χ1) is 12.4. The van der Waals surface area contributed by atoms with Gasteiger partial charge in [0.15, 0.2) is 0 Å². The van der Waals surface area contributed by atoms with Crippen LogP contribution in [-0.2, 0) is 4.79 Å². The summed E-state index contributed by atoms with van der Waals surface area (Å²) in [4.78, 5) is 23.2. The molecule has 0 bridgehead atoms. The number of carbonyl (C=O) groups excluding carboxylic acids is 1. The van der Waals surface area contributed by atoms with Crippen LogP contribution in [0.2, 0.25) is 0 Å². The molecule has 2 aromatic carbocycles. The SMILES string of the molecule is Cc1cccc(C)c1OC[C@@H](C)NC(=O)c1ccccc1NCC(=O)O. The summed E-state index contributed by atoms with van der Waals surface area (Å²) in [6.45, 7) is 5.91. The number of hydrogen-bond donors (Lipinski definition) is 3. The molecule has 26 heavy (non-hydrogen) atoms. The molecule has 6 heteroatoms. The average Bonchev–Trinajstić information content (AvgIpc) is 2.59. The molecule has 0 saturated carbocycles. The van der Waals surface area contributed by atoms with E-state index in [0.717, 1.165) is 16.9 Å².